The Labute approximate surface area is 112 Å². The molecule has 0 atom stereocenters. The highest BCUT2D eigenvalue weighted by Gasteiger charge is 2.51. The van der Waals surface area contributed by atoms with Crippen LogP contribution in [0.5, 0.6) is 0 Å². The van der Waals surface area contributed by atoms with E-state index in [0.717, 1.165) is 0 Å². The van der Waals surface area contributed by atoms with Crippen molar-refractivity contribution in [2.24, 2.45) is 0 Å². The lowest BCUT2D eigenvalue weighted by atomic mass is 9.79. The molecular formula is C12H17BClNO2. The van der Waals surface area contributed by atoms with Crippen molar-refractivity contribution >= 4 is 29.9 Å². The summed E-state index contributed by atoms with van der Waals surface area (Å²) in [6.45, 7) is 7.52. The highest BCUT2D eigenvalue weighted by atomic mass is 35.5. The Morgan fingerprint density at radius 3 is 2.24 bits per heavy atom. The molecular weight excluding hydrogens is 236 g/mol. The van der Waals surface area contributed by atoms with Crippen LogP contribution >= 0.6 is 11.6 Å². The zero-order valence-electron chi connectivity index (χ0n) is 13.3. The third-order valence-corrected chi connectivity index (χ3v) is 3.44. The Kier molecular flexibility index (Phi) is 2.13. The van der Waals surface area contributed by atoms with Crippen LogP contribution in [0.4, 0.5) is 5.69 Å². The van der Waals surface area contributed by atoms with Gasteiger partial charge in [0.05, 0.1) is 15.3 Å². The summed E-state index contributed by atoms with van der Waals surface area (Å²) < 4.78 is 35.3. The highest BCUT2D eigenvalue weighted by Crippen LogP contribution is 2.36. The first kappa shape index (κ1) is 9.25. The van der Waals surface area contributed by atoms with E-state index in [1.54, 1.807) is 0 Å². The second-order valence-corrected chi connectivity index (χ2v) is 5.48. The van der Waals surface area contributed by atoms with Gasteiger partial charge < -0.3 is 15.0 Å². The molecule has 0 radical (unpaired) electrons. The number of hydrogen-bond donors (Lipinski definition) is 1. The van der Waals surface area contributed by atoms with Gasteiger partial charge >= 0.3 is 7.12 Å². The van der Waals surface area contributed by atoms with Gasteiger partial charge in [-0.25, -0.2) is 0 Å². The molecule has 0 aromatic heterocycles. The van der Waals surface area contributed by atoms with Gasteiger partial charge in [0.15, 0.2) is 0 Å². The van der Waals surface area contributed by atoms with Gasteiger partial charge in [-0.1, -0.05) is 11.6 Å². The lowest BCUT2D eigenvalue weighted by molar-refractivity contribution is 0.00578. The molecule has 1 heterocycles. The number of halogens is 1. The van der Waals surface area contributed by atoms with E-state index >= 15 is 0 Å². The van der Waals surface area contributed by atoms with Crippen molar-refractivity contribution in [1.29, 1.82) is 0 Å². The molecule has 1 aromatic carbocycles. The van der Waals surface area contributed by atoms with Gasteiger partial charge in [0.2, 0.25) is 0 Å². The van der Waals surface area contributed by atoms with Gasteiger partial charge in [-0.2, -0.15) is 0 Å². The standard InChI is InChI=1S/C12H17BClNO2/c1-11(2)12(3,4)17-13(16-11)8-5-9(14)7-10(15)6-8/h5-7H,15H2,1-4H3/i5D,6D,7D. The molecule has 0 unspecified atom stereocenters. The summed E-state index contributed by atoms with van der Waals surface area (Å²) in [4.78, 5) is 0. The highest BCUT2D eigenvalue weighted by molar-refractivity contribution is 6.62. The molecule has 5 heteroatoms. The molecule has 1 saturated heterocycles. The second-order valence-electron chi connectivity index (χ2n) is 5.10. The summed E-state index contributed by atoms with van der Waals surface area (Å²) in [5.41, 5.74) is 4.62. The molecule has 1 aliphatic heterocycles. The Morgan fingerprint density at radius 2 is 1.71 bits per heavy atom. The van der Waals surface area contributed by atoms with Gasteiger partial charge in [-0.05, 0) is 51.3 Å². The Balaban J connectivity index is 2.57. The maximum Gasteiger partial charge on any atom is 0.494 e. The Hall–Kier alpha value is -0.705. The molecule has 0 saturated carbocycles. The van der Waals surface area contributed by atoms with Crippen LogP contribution in [0.2, 0.25) is 5.02 Å². The molecule has 3 nitrogen and oxygen atoms in total. The van der Waals surface area contributed by atoms with Crippen molar-refractivity contribution in [2.45, 2.75) is 38.9 Å². The van der Waals surface area contributed by atoms with Crippen molar-refractivity contribution in [3.05, 3.63) is 23.1 Å². The van der Waals surface area contributed by atoms with Crippen molar-refractivity contribution in [3.8, 4) is 0 Å². The molecule has 0 aliphatic carbocycles. The number of anilines is 1. The number of rotatable bonds is 1. The fourth-order valence-corrected chi connectivity index (χ4v) is 1.76. The van der Waals surface area contributed by atoms with Gasteiger partial charge in [-0.15, -0.1) is 0 Å². The Morgan fingerprint density at radius 1 is 1.18 bits per heavy atom. The second kappa shape index (κ2) is 3.90. The average Bonchev–Trinajstić information content (AvgIpc) is 2.53. The third kappa shape index (κ3) is 2.30. The fourth-order valence-electron chi connectivity index (χ4n) is 1.55. The van der Waals surface area contributed by atoms with E-state index in [2.05, 4.69) is 0 Å². The molecule has 0 bridgehead atoms. The molecule has 2 N–H and O–H groups in total. The third-order valence-electron chi connectivity index (χ3n) is 3.25. The number of nitrogen functional groups attached to an aromatic ring is 1. The van der Waals surface area contributed by atoms with Crippen LogP contribution in [-0.2, 0) is 9.31 Å². The number of hydrogen-bond acceptors (Lipinski definition) is 3. The first-order valence-corrected chi connectivity index (χ1v) is 5.77. The number of nitrogens with two attached hydrogens (primary N) is 1. The maximum atomic E-state index is 8.01. The molecule has 17 heavy (non-hydrogen) atoms. The van der Waals surface area contributed by atoms with Gasteiger partial charge in [-0.3, -0.25) is 0 Å². The van der Waals surface area contributed by atoms with Crippen LogP contribution in [0.3, 0.4) is 0 Å². The molecule has 1 aliphatic rings. The molecule has 1 fully saturated rings. The smallest absolute Gasteiger partial charge is 0.399 e. The minimum atomic E-state index is -0.889. The van der Waals surface area contributed by atoms with E-state index in [-0.39, 0.29) is 34.3 Å². The van der Waals surface area contributed by atoms with E-state index in [0.29, 0.717) is 0 Å². The minimum absolute atomic E-state index is 0.0734. The summed E-state index contributed by atoms with van der Waals surface area (Å²) in [5.74, 6) is 0. The van der Waals surface area contributed by atoms with Crippen LogP contribution in [0.1, 0.15) is 31.8 Å². The van der Waals surface area contributed by atoms with Gasteiger partial charge in [0, 0.05) is 10.7 Å². The van der Waals surface area contributed by atoms with E-state index in [1.807, 2.05) is 27.7 Å². The van der Waals surface area contributed by atoms with Crippen LogP contribution < -0.4 is 11.2 Å². The van der Waals surface area contributed by atoms with Crippen molar-refractivity contribution in [3.63, 3.8) is 0 Å². The summed E-state index contributed by atoms with van der Waals surface area (Å²) in [6.07, 6.45) is 0. The van der Waals surface area contributed by atoms with E-state index < -0.39 is 18.3 Å². The fraction of sp³-hybridized carbons (Fsp3) is 0.500. The van der Waals surface area contributed by atoms with Crippen molar-refractivity contribution in [2.75, 3.05) is 5.73 Å². The lowest BCUT2D eigenvalue weighted by Gasteiger charge is -2.32. The largest absolute Gasteiger partial charge is 0.494 e. The Bertz CT molecular complexity index is 535. The lowest BCUT2D eigenvalue weighted by Crippen LogP contribution is -2.41. The van der Waals surface area contributed by atoms with Crippen LogP contribution in [0.25, 0.3) is 0 Å². The molecule has 92 valence electrons. The minimum Gasteiger partial charge on any atom is -0.399 e. The van der Waals surface area contributed by atoms with Crippen LogP contribution in [-0.4, -0.2) is 18.3 Å². The number of benzene rings is 1. The molecule has 1 aromatic rings. The monoisotopic (exact) mass is 256 g/mol. The molecule has 0 spiro atoms. The first-order chi connectivity index (χ1) is 8.99. The quantitative estimate of drug-likeness (QED) is 0.619. The van der Waals surface area contributed by atoms with Crippen molar-refractivity contribution < 1.29 is 13.4 Å². The van der Waals surface area contributed by atoms with Gasteiger partial charge in [0.25, 0.3) is 0 Å². The predicted molar refractivity (Wildman–Crippen MR) is 71.6 cm³/mol. The van der Waals surface area contributed by atoms with E-state index in [1.165, 1.54) is 0 Å². The predicted octanol–water partition coefficient (Wildman–Crippen LogP) is 2.22. The van der Waals surface area contributed by atoms with E-state index in [9.17, 15) is 0 Å². The maximum absolute atomic E-state index is 8.01. The average molecular weight is 257 g/mol. The normalized spacial score (nSPS) is 24.3. The summed E-state index contributed by atoms with van der Waals surface area (Å²) in [6, 6.07) is -0.487. The zero-order chi connectivity index (χ0) is 15.5. The first-order valence-electron chi connectivity index (χ1n) is 6.90. The van der Waals surface area contributed by atoms with E-state index in [4.69, 9.17) is 30.8 Å². The summed E-state index contributed by atoms with van der Waals surface area (Å²) in [7, 11) is -0.889. The van der Waals surface area contributed by atoms with Crippen LogP contribution in [0, 0.1) is 0 Å². The molecule has 2 rings (SSSR count). The van der Waals surface area contributed by atoms with Crippen molar-refractivity contribution in [1.82, 2.24) is 0 Å². The van der Waals surface area contributed by atoms with Crippen LogP contribution in [0.15, 0.2) is 18.1 Å². The zero-order valence-corrected chi connectivity index (χ0v) is 11.1. The SMILES string of the molecule is [2H]c1c(N)c([2H])c(B2OC(C)(C)C(C)(C)O2)c([2H])c1Cl. The van der Waals surface area contributed by atoms with Gasteiger partial charge in [0.1, 0.15) is 0 Å². The summed E-state index contributed by atoms with van der Waals surface area (Å²) in [5, 5.41) is -0.0942. The summed E-state index contributed by atoms with van der Waals surface area (Å²) >= 11 is 5.93. The molecule has 0 amide bonds. The topological polar surface area (TPSA) is 44.5 Å².